The molecular weight excluding hydrogens is 206 g/mol. The fraction of sp³-hybridized carbons (Fsp3) is 1.00. The van der Waals surface area contributed by atoms with E-state index in [1.165, 1.54) is 45.2 Å². The maximum Gasteiger partial charge on any atom is 0.000803 e. The van der Waals surface area contributed by atoms with E-state index in [9.17, 15) is 0 Å². The van der Waals surface area contributed by atoms with Gasteiger partial charge in [-0.3, -0.25) is 0 Å². The van der Waals surface area contributed by atoms with Gasteiger partial charge in [0, 0.05) is 6.54 Å². The predicted molar refractivity (Wildman–Crippen MR) is 77.2 cm³/mol. The average Bonchev–Trinajstić information content (AvgIpc) is 2.99. The summed E-state index contributed by atoms with van der Waals surface area (Å²) in [7, 11) is 0. The Bertz CT molecular complexity index is 208. The standard InChI is InChI=1S/C16H33N/c1-6-7-14(4)10-16(5,15-8-9-15)12-17-11-13(2)3/h13-15,17H,6-12H2,1-5H3. The van der Waals surface area contributed by atoms with Crippen molar-refractivity contribution in [3.8, 4) is 0 Å². The second-order valence-electron chi connectivity index (χ2n) is 7.05. The molecule has 1 saturated carbocycles. The van der Waals surface area contributed by atoms with Crippen molar-refractivity contribution in [1.82, 2.24) is 5.32 Å². The van der Waals surface area contributed by atoms with Gasteiger partial charge >= 0.3 is 0 Å². The minimum absolute atomic E-state index is 0.559. The van der Waals surface area contributed by atoms with E-state index in [1.54, 1.807) is 0 Å². The summed E-state index contributed by atoms with van der Waals surface area (Å²) in [5, 5.41) is 3.69. The first-order valence-corrected chi connectivity index (χ1v) is 7.68. The first kappa shape index (κ1) is 15.0. The van der Waals surface area contributed by atoms with Crippen LogP contribution in [-0.4, -0.2) is 13.1 Å². The monoisotopic (exact) mass is 239 g/mol. The van der Waals surface area contributed by atoms with Gasteiger partial charge in [-0.15, -0.1) is 0 Å². The molecule has 0 amide bonds. The maximum absolute atomic E-state index is 3.69. The molecule has 102 valence electrons. The van der Waals surface area contributed by atoms with Crippen LogP contribution in [0.2, 0.25) is 0 Å². The first-order valence-electron chi connectivity index (χ1n) is 7.68. The lowest BCUT2D eigenvalue weighted by atomic mass is 9.76. The highest BCUT2D eigenvalue weighted by Crippen LogP contribution is 2.49. The van der Waals surface area contributed by atoms with Gasteiger partial charge in [-0.05, 0) is 49.0 Å². The molecule has 0 radical (unpaired) electrons. The molecule has 17 heavy (non-hydrogen) atoms. The highest BCUT2D eigenvalue weighted by atomic mass is 14.9. The zero-order valence-electron chi connectivity index (χ0n) is 12.7. The number of rotatable bonds is 9. The largest absolute Gasteiger partial charge is 0.316 e. The second kappa shape index (κ2) is 6.78. The van der Waals surface area contributed by atoms with Crippen molar-refractivity contribution in [2.24, 2.45) is 23.2 Å². The van der Waals surface area contributed by atoms with Crippen LogP contribution in [0.5, 0.6) is 0 Å². The van der Waals surface area contributed by atoms with E-state index in [0.717, 1.165) is 17.8 Å². The molecule has 1 nitrogen and oxygen atoms in total. The van der Waals surface area contributed by atoms with Crippen molar-refractivity contribution < 1.29 is 0 Å². The molecule has 1 heteroatoms. The van der Waals surface area contributed by atoms with Gasteiger partial charge in [0.1, 0.15) is 0 Å². The average molecular weight is 239 g/mol. The molecule has 0 saturated heterocycles. The minimum Gasteiger partial charge on any atom is -0.316 e. The third-order valence-corrected chi connectivity index (χ3v) is 4.24. The maximum atomic E-state index is 3.69. The van der Waals surface area contributed by atoms with Gasteiger partial charge in [0.05, 0.1) is 0 Å². The fourth-order valence-corrected chi connectivity index (χ4v) is 3.20. The molecule has 2 atom stereocenters. The van der Waals surface area contributed by atoms with E-state index in [4.69, 9.17) is 0 Å². The zero-order chi connectivity index (χ0) is 12.9. The Morgan fingerprint density at radius 2 is 1.88 bits per heavy atom. The fourth-order valence-electron chi connectivity index (χ4n) is 3.20. The van der Waals surface area contributed by atoms with E-state index in [-0.39, 0.29) is 0 Å². The van der Waals surface area contributed by atoms with Crippen LogP contribution in [-0.2, 0) is 0 Å². The molecule has 0 aliphatic heterocycles. The molecule has 2 unspecified atom stereocenters. The van der Waals surface area contributed by atoms with Crippen LogP contribution < -0.4 is 5.32 Å². The normalized spacial score (nSPS) is 21.5. The van der Waals surface area contributed by atoms with Crippen molar-refractivity contribution >= 4 is 0 Å². The molecule has 1 N–H and O–H groups in total. The molecule has 0 spiro atoms. The highest BCUT2D eigenvalue weighted by Gasteiger charge is 2.41. The van der Waals surface area contributed by atoms with Crippen molar-refractivity contribution in [1.29, 1.82) is 0 Å². The summed E-state index contributed by atoms with van der Waals surface area (Å²) in [6, 6.07) is 0. The minimum atomic E-state index is 0.559. The summed E-state index contributed by atoms with van der Waals surface area (Å²) in [6.07, 6.45) is 7.09. The quantitative estimate of drug-likeness (QED) is 0.626. The lowest BCUT2D eigenvalue weighted by Gasteiger charge is -2.33. The van der Waals surface area contributed by atoms with Crippen LogP contribution >= 0.6 is 0 Å². The second-order valence-corrected chi connectivity index (χ2v) is 7.05. The van der Waals surface area contributed by atoms with Crippen molar-refractivity contribution in [3.05, 3.63) is 0 Å². The predicted octanol–water partition coefficient (Wildman–Crippen LogP) is 4.47. The molecule has 0 aromatic carbocycles. The molecule has 0 aromatic rings. The molecule has 1 aliphatic rings. The number of nitrogens with one attached hydrogen (secondary N) is 1. The van der Waals surface area contributed by atoms with Gasteiger partial charge in [0.25, 0.3) is 0 Å². The van der Waals surface area contributed by atoms with E-state index in [0.29, 0.717) is 5.41 Å². The van der Waals surface area contributed by atoms with Gasteiger partial charge in [0.15, 0.2) is 0 Å². The van der Waals surface area contributed by atoms with Crippen LogP contribution in [0, 0.1) is 23.2 Å². The van der Waals surface area contributed by atoms with Crippen LogP contribution in [0.4, 0.5) is 0 Å². The van der Waals surface area contributed by atoms with Gasteiger partial charge in [-0.25, -0.2) is 0 Å². The number of hydrogen-bond acceptors (Lipinski definition) is 1. The van der Waals surface area contributed by atoms with Crippen LogP contribution in [0.25, 0.3) is 0 Å². The lowest BCUT2D eigenvalue weighted by molar-refractivity contribution is 0.193. The summed E-state index contributed by atoms with van der Waals surface area (Å²) in [5.41, 5.74) is 0.559. The van der Waals surface area contributed by atoms with E-state index in [2.05, 4.69) is 39.9 Å². The Labute approximate surface area is 109 Å². The zero-order valence-corrected chi connectivity index (χ0v) is 12.7. The Balaban J connectivity index is 2.38. The van der Waals surface area contributed by atoms with Gasteiger partial charge in [-0.2, -0.15) is 0 Å². The Morgan fingerprint density at radius 1 is 1.24 bits per heavy atom. The molecule has 0 aromatic heterocycles. The van der Waals surface area contributed by atoms with E-state index < -0.39 is 0 Å². The first-order chi connectivity index (χ1) is 7.98. The van der Waals surface area contributed by atoms with E-state index in [1.807, 2.05) is 0 Å². The summed E-state index contributed by atoms with van der Waals surface area (Å²) >= 11 is 0. The summed E-state index contributed by atoms with van der Waals surface area (Å²) < 4.78 is 0. The molecule has 1 aliphatic carbocycles. The third-order valence-electron chi connectivity index (χ3n) is 4.24. The van der Waals surface area contributed by atoms with Crippen molar-refractivity contribution in [3.63, 3.8) is 0 Å². The molecule has 0 bridgehead atoms. The Hall–Kier alpha value is -0.0400. The Morgan fingerprint density at radius 3 is 2.35 bits per heavy atom. The molecule has 1 rings (SSSR count). The SMILES string of the molecule is CCCC(C)CC(C)(CNCC(C)C)C1CC1. The summed E-state index contributed by atoms with van der Waals surface area (Å²) in [6.45, 7) is 14.2. The smallest absolute Gasteiger partial charge is 0.000803 e. The van der Waals surface area contributed by atoms with Crippen molar-refractivity contribution in [2.45, 2.75) is 66.7 Å². The highest BCUT2D eigenvalue weighted by molar-refractivity contribution is 4.93. The van der Waals surface area contributed by atoms with Crippen molar-refractivity contribution in [2.75, 3.05) is 13.1 Å². The van der Waals surface area contributed by atoms with Crippen LogP contribution in [0.3, 0.4) is 0 Å². The van der Waals surface area contributed by atoms with Gasteiger partial charge < -0.3 is 5.32 Å². The van der Waals surface area contributed by atoms with Gasteiger partial charge in [0.2, 0.25) is 0 Å². The van der Waals surface area contributed by atoms with E-state index >= 15 is 0 Å². The third kappa shape index (κ3) is 5.42. The lowest BCUT2D eigenvalue weighted by Crippen LogP contribution is -2.36. The summed E-state index contributed by atoms with van der Waals surface area (Å²) in [5.74, 6) is 2.67. The number of hydrogen-bond donors (Lipinski definition) is 1. The van der Waals surface area contributed by atoms with Crippen LogP contribution in [0.15, 0.2) is 0 Å². The summed E-state index contributed by atoms with van der Waals surface area (Å²) in [4.78, 5) is 0. The van der Waals surface area contributed by atoms with Gasteiger partial charge in [-0.1, -0.05) is 47.5 Å². The molecule has 1 fully saturated rings. The molecule has 0 heterocycles. The molecular formula is C16H33N. The Kier molecular flexibility index (Phi) is 5.99. The topological polar surface area (TPSA) is 12.0 Å². The van der Waals surface area contributed by atoms with Crippen LogP contribution in [0.1, 0.15) is 66.7 Å².